The molecule has 0 saturated carbocycles. The van der Waals surface area contributed by atoms with Crippen molar-refractivity contribution in [2.75, 3.05) is 12.0 Å². The van der Waals surface area contributed by atoms with Crippen LogP contribution in [0.2, 0.25) is 0 Å². The van der Waals surface area contributed by atoms with Gasteiger partial charge in [0.05, 0.1) is 18.0 Å². The zero-order valence-corrected chi connectivity index (χ0v) is 19.0. The SMILES string of the molecule is CCCCC[C@H](CN(O)C=O)C(=O)NNc1ncc(C(=O)NCc2ccccc2)c(C(F)(F)F)n1. The van der Waals surface area contributed by atoms with E-state index in [-0.39, 0.29) is 19.5 Å². The third-order valence-corrected chi connectivity index (χ3v) is 4.95. The Morgan fingerprint density at radius 3 is 2.54 bits per heavy atom. The maximum atomic E-state index is 13.6. The molecule has 190 valence electrons. The number of benzene rings is 1. The van der Waals surface area contributed by atoms with E-state index in [0.717, 1.165) is 12.8 Å². The zero-order valence-electron chi connectivity index (χ0n) is 19.0. The fourth-order valence-electron chi connectivity index (χ4n) is 3.13. The third kappa shape index (κ3) is 8.85. The summed E-state index contributed by atoms with van der Waals surface area (Å²) in [5.74, 6) is -3.10. The second-order valence-corrected chi connectivity index (χ2v) is 7.66. The number of hydrazine groups is 1. The first-order valence-corrected chi connectivity index (χ1v) is 10.9. The number of aromatic nitrogens is 2. The van der Waals surface area contributed by atoms with E-state index < -0.39 is 41.1 Å². The maximum Gasteiger partial charge on any atom is 0.434 e. The van der Waals surface area contributed by atoms with Crippen molar-refractivity contribution in [1.29, 1.82) is 0 Å². The molecule has 0 saturated heterocycles. The first-order chi connectivity index (χ1) is 16.7. The number of anilines is 1. The molecule has 0 aliphatic heterocycles. The van der Waals surface area contributed by atoms with Crippen LogP contribution >= 0.6 is 0 Å². The highest BCUT2D eigenvalue weighted by atomic mass is 19.4. The van der Waals surface area contributed by atoms with Crippen molar-refractivity contribution >= 4 is 24.2 Å². The Bertz CT molecular complexity index is 991. The van der Waals surface area contributed by atoms with E-state index in [4.69, 9.17) is 0 Å². The largest absolute Gasteiger partial charge is 0.434 e. The van der Waals surface area contributed by atoms with Crippen LogP contribution in [-0.4, -0.2) is 45.0 Å². The molecule has 1 atom stereocenters. The molecule has 0 bridgehead atoms. The Morgan fingerprint density at radius 2 is 1.91 bits per heavy atom. The lowest BCUT2D eigenvalue weighted by molar-refractivity contribution is -0.154. The highest BCUT2D eigenvalue weighted by Crippen LogP contribution is 2.30. The van der Waals surface area contributed by atoms with Gasteiger partial charge < -0.3 is 5.32 Å². The van der Waals surface area contributed by atoms with Crippen LogP contribution in [0.3, 0.4) is 0 Å². The molecular weight excluding hydrogens is 469 g/mol. The van der Waals surface area contributed by atoms with E-state index in [1.807, 2.05) is 6.92 Å². The third-order valence-electron chi connectivity index (χ3n) is 4.95. The van der Waals surface area contributed by atoms with E-state index in [1.165, 1.54) is 0 Å². The molecule has 2 rings (SSSR count). The molecule has 1 aromatic carbocycles. The van der Waals surface area contributed by atoms with Crippen LogP contribution in [0.4, 0.5) is 19.1 Å². The highest BCUT2D eigenvalue weighted by molar-refractivity contribution is 5.95. The van der Waals surface area contributed by atoms with E-state index in [1.54, 1.807) is 30.3 Å². The molecule has 4 N–H and O–H groups in total. The van der Waals surface area contributed by atoms with Gasteiger partial charge >= 0.3 is 6.18 Å². The number of alkyl halides is 3. The minimum Gasteiger partial charge on any atom is -0.348 e. The molecule has 0 radical (unpaired) electrons. The number of unbranched alkanes of at least 4 members (excludes halogenated alkanes) is 2. The number of hydrogen-bond acceptors (Lipinski definition) is 7. The summed E-state index contributed by atoms with van der Waals surface area (Å²) in [5, 5.41) is 12.1. The predicted molar refractivity (Wildman–Crippen MR) is 119 cm³/mol. The van der Waals surface area contributed by atoms with Crippen molar-refractivity contribution in [3.05, 3.63) is 53.3 Å². The number of rotatable bonds is 13. The number of halogens is 3. The van der Waals surface area contributed by atoms with Gasteiger partial charge in [0.2, 0.25) is 18.3 Å². The van der Waals surface area contributed by atoms with Gasteiger partial charge in [0.1, 0.15) is 0 Å². The monoisotopic (exact) mass is 496 g/mol. The number of carbonyl (C=O) groups excluding carboxylic acids is 3. The van der Waals surface area contributed by atoms with E-state index in [9.17, 15) is 32.8 Å². The number of amides is 3. The standard InChI is InChI=1S/C22H27F3N6O4/c1-2-3-5-10-16(13-31(35)14-32)19(33)29-30-21-27-12-17(18(28-21)22(23,24)25)20(34)26-11-15-8-6-4-7-9-15/h4,6-9,12,14,16,35H,2-3,5,10-11,13H2,1H3,(H,26,34)(H,29,33)(H,27,28,30)/t16-/m1/s1. The van der Waals surface area contributed by atoms with Gasteiger partial charge in [-0.25, -0.2) is 15.0 Å². The van der Waals surface area contributed by atoms with Crippen LogP contribution in [0.15, 0.2) is 36.5 Å². The van der Waals surface area contributed by atoms with Gasteiger partial charge in [-0.05, 0) is 12.0 Å². The molecule has 3 amide bonds. The summed E-state index contributed by atoms with van der Waals surface area (Å²) >= 11 is 0. The smallest absolute Gasteiger partial charge is 0.348 e. The topological polar surface area (TPSA) is 137 Å². The van der Waals surface area contributed by atoms with Crippen molar-refractivity contribution < 1.29 is 32.8 Å². The second-order valence-electron chi connectivity index (χ2n) is 7.66. The van der Waals surface area contributed by atoms with Crippen LogP contribution < -0.4 is 16.2 Å². The number of hydroxylamine groups is 2. The summed E-state index contributed by atoms with van der Waals surface area (Å²) in [6, 6.07) is 8.63. The molecule has 13 heteroatoms. The lowest BCUT2D eigenvalue weighted by atomic mass is 10.0. The van der Waals surface area contributed by atoms with Crippen LogP contribution in [-0.2, 0) is 22.3 Å². The summed E-state index contributed by atoms with van der Waals surface area (Å²) in [5.41, 5.74) is 2.84. The van der Waals surface area contributed by atoms with Gasteiger partial charge in [-0.15, -0.1) is 0 Å². The van der Waals surface area contributed by atoms with Gasteiger partial charge in [0.15, 0.2) is 5.69 Å². The maximum absolute atomic E-state index is 13.6. The lowest BCUT2D eigenvalue weighted by Crippen LogP contribution is -2.40. The number of nitrogens with zero attached hydrogens (tertiary/aromatic N) is 3. The van der Waals surface area contributed by atoms with Crippen LogP contribution in [0.5, 0.6) is 0 Å². The first kappa shape index (κ1) is 27.5. The van der Waals surface area contributed by atoms with Crippen LogP contribution in [0.1, 0.15) is 54.2 Å². The van der Waals surface area contributed by atoms with Crippen molar-refractivity contribution in [3.8, 4) is 0 Å². The van der Waals surface area contributed by atoms with Crippen molar-refractivity contribution in [1.82, 2.24) is 25.8 Å². The Kier molecular flexibility index (Phi) is 10.4. The fourth-order valence-corrected chi connectivity index (χ4v) is 3.13. The van der Waals surface area contributed by atoms with Crippen molar-refractivity contribution in [2.45, 2.75) is 45.3 Å². The molecule has 0 fully saturated rings. The molecule has 0 spiro atoms. The minimum absolute atomic E-state index is 0.00904. The summed E-state index contributed by atoms with van der Waals surface area (Å²) in [7, 11) is 0. The quantitative estimate of drug-likeness (QED) is 0.145. The first-order valence-electron chi connectivity index (χ1n) is 10.9. The molecule has 1 heterocycles. The molecule has 10 nitrogen and oxygen atoms in total. The summed E-state index contributed by atoms with van der Waals surface area (Å²) in [6.07, 6.45) is -1.44. The van der Waals surface area contributed by atoms with Gasteiger partial charge in [0.25, 0.3) is 5.91 Å². The Morgan fingerprint density at radius 1 is 1.20 bits per heavy atom. The Balaban J connectivity index is 2.10. The molecule has 35 heavy (non-hydrogen) atoms. The summed E-state index contributed by atoms with van der Waals surface area (Å²) in [6.45, 7) is 1.67. The molecular formula is C22H27F3N6O4. The Hall–Kier alpha value is -3.74. The highest BCUT2D eigenvalue weighted by Gasteiger charge is 2.38. The number of nitrogens with one attached hydrogen (secondary N) is 3. The molecule has 0 unspecified atom stereocenters. The van der Waals surface area contributed by atoms with Gasteiger partial charge in [-0.1, -0.05) is 56.5 Å². The average molecular weight is 496 g/mol. The minimum atomic E-state index is -4.97. The molecule has 0 aliphatic carbocycles. The Labute approximate surface area is 199 Å². The summed E-state index contributed by atoms with van der Waals surface area (Å²) < 4.78 is 40.7. The predicted octanol–water partition coefficient (Wildman–Crippen LogP) is 2.91. The van der Waals surface area contributed by atoms with E-state index in [2.05, 4.69) is 26.1 Å². The molecule has 0 aliphatic rings. The zero-order chi connectivity index (χ0) is 25.8. The van der Waals surface area contributed by atoms with Crippen molar-refractivity contribution in [2.24, 2.45) is 5.92 Å². The molecule has 2 aromatic rings. The fraction of sp³-hybridized carbons (Fsp3) is 0.409. The second kappa shape index (κ2) is 13.2. The van der Waals surface area contributed by atoms with E-state index in [0.29, 0.717) is 29.7 Å². The van der Waals surface area contributed by atoms with Gasteiger partial charge in [-0.3, -0.25) is 30.4 Å². The summed E-state index contributed by atoms with van der Waals surface area (Å²) in [4.78, 5) is 42.6. The number of hydrogen-bond donors (Lipinski definition) is 4. The van der Waals surface area contributed by atoms with Crippen LogP contribution in [0.25, 0.3) is 0 Å². The lowest BCUT2D eigenvalue weighted by Gasteiger charge is -2.20. The van der Waals surface area contributed by atoms with Gasteiger partial charge in [-0.2, -0.15) is 13.2 Å². The molecule has 1 aromatic heterocycles. The van der Waals surface area contributed by atoms with Crippen molar-refractivity contribution in [3.63, 3.8) is 0 Å². The van der Waals surface area contributed by atoms with Gasteiger partial charge in [0, 0.05) is 12.7 Å². The average Bonchev–Trinajstić information content (AvgIpc) is 2.85. The van der Waals surface area contributed by atoms with E-state index >= 15 is 0 Å². The normalized spacial score (nSPS) is 11.9. The number of carbonyl (C=O) groups is 3. The van der Waals surface area contributed by atoms with Crippen LogP contribution in [0, 0.1) is 5.92 Å².